The lowest BCUT2D eigenvalue weighted by Crippen LogP contribution is -2.36. The molecular weight excluding hydrogens is 395 g/mol. The highest BCUT2D eigenvalue weighted by Crippen LogP contribution is 2.11. The minimum atomic E-state index is -3.54. The van der Waals surface area contributed by atoms with Crippen LogP contribution in [0.15, 0.2) is 52.4 Å². The highest BCUT2D eigenvalue weighted by atomic mass is 32.2. The van der Waals surface area contributed by atoms with Gasteiger partial charge in [0.15, 0.2) is 5.96 Å². The van der Waals surface area contributed by atoms with Crippen molar-refractivity contribution in [2.45, 2.75) is 24.9 Å². The third kappa shape index (κ3) is 7.12. The van der Waals surface area contributed by atoms with Gasteiger partial charge in [0.05, 0.1) is 11.5 Å². The lowest BCUT2D eigenvalue weighted by molar-refractivity contribution is 0.204. The van der Waals surface area contributed by atoms with E-state index in [0.29, 0.717) is 31.2 Å². The van der Waals surface area contributed by atoms with Gasteiger partial charge in [-0.15, -0.1) is 0 Å². The lowest BCUT2D eigenvalue weighted by atomic mass is 10.1. The van der Waals surface area contributed by atoms with Crippen LogP contribution < -0.4 is 15.4 Å². The summed E-state index contributed by atoms with van der Waals surface area (Å²) in [4.78, 5) is 4.36. The molecule has 7 nitrogen and oxygen atoms in total. The number of benzene rings is 2. The van der Waals surface area contributed by atoms with Gasteiger partial charge in [0.25, 0.3) is 0 Å². The lowest BCUT2D eigenvalue weighted by Gasteiger charge is -2.13. The average Bonchev–Trinajstić information content (AvgIpc) is 2.71. The summed E-state index contributed by atoms with van der Waals surface area (Å²) in [7, 11) is -0.372. The number of guanidine groups is 1. The summed E-state index contributed by atoms with van der Waals surface area (Å²) in [6.07, 6.45) is 0. The third-order valence-corrected chi connectivity index (χ3v) is 5.67. The molecule has 158 valence electrons. The number of halogens is 1. The number of hydrogen-bond acceptors (Lipinski definition) is 4. The molecule has 0 aromatic heterocycles. The summed E-state index contributed by atoms with van der Waals surface area (Å²) in [6.45, 7) is 3.23. The van der Waals surface area contributed by atoms with Crippen LogP contribution in [0.4, 0.5) is 4.39 Å². The molecular formula is C20H27FN4O3S. The van der Waals surface area contributed by atoms with E-state index in [9.17, 15) is 12.8 Å². The fourth-order valence-corrected chi connectivity index (χ4v) is 3.57. The van der Waals surface area contributed by atoms with Gasteiger partial charge in [-0.3, -0.25) is 4.99 Å². The Bertz CT molecular complexity index is 931. The molecule has 0 spiro atoms. The number of aliphatic imine (C=N–C) groups is 1. The van der Waals surface area contributed by atoms with E-state index in [1.807, 2.05) is 0 Å². The van der Waals surface area contributed by atoms with Gasteiger partial charge in [0.1, 0.15) is 5.82 Å². The van der Waals surface area contributed by atoms with Crippen molar-refractivity contribution in [3.8, 4) is 0 Å². The average molecular weight is 423 g/mol. The van der Waals surface area contributed by atoms with Crippen LogP contribution in [-0.4, -0.2) is 41.7 Å². The van der Waals surface area contributed by atoms with Crippen molar-refractivity contribution in [1.82, 2.24) is 15.4 Å². The maximum Gasteiger partial charge on any atom is 0.240 e. The molecule has 29 heavy (non-hydrogen) atoms. The van der Waals surface area contributed by atoms with Gasteiger partial charge in [0, 0.05) is 33.8 Å². The summed E-state index contributed by atoms with van der Waals surface area (Å²) in [5.74, 6) is 0.362. The molecule has 3 N–H and O–H groups in total. The monoisotopic (exact) mass is 422 g/mol. The molecule has 0 fully saturated rings. The third-order valence-electron chi connectivity index (χ3n) is 4.20. The summed E-state index contributed by atoms with van der Waals surface area (Å²) < 4.78 is 45.0. The van der Waals surface area contributed by atoms with Crippen LogP contribution in [0, 0.1) is 12.7 Å². The molecule has 0 radical (unpaired) electrons. The number of methoxy groups -OCH3 is 1. The zero-order valence-corrected chi connectivity index (χ0v) is 17.6. The molecule has 0 heterocycles. The largest absolute Gasteiger partial charge is 0.383 e. The maximum atomic E-state index is 13.3. The van der Waals surface area contributed by atoms with Crippen LogP contribution >= 0.6 is 0 Å². The van der Waals surface area contributed by atoms with Crippen LogP contribution in [0.2, 0.25) is 0 Å². The first-order chi connectivity index (χ1) is 13.9. The Morgan fingerprint density at radius 3 is 2.28 bits per heavy atom. The van der Waals surface area contributed by atoms with E-state index in [2.05, 4.69) is 20.3 Å². The first-order valence-electron chi connectivity index (χ1n) is 9.13. The van der Waals surface area contributed by atoms with E-state index in [4.69, 9.17) is 4.74 Å². The van der Waals surface area contributed by atoms with Crippen molar-refractivity contribution >= 4 is 16.0 Å². The van der Waals surface area contributed by atoms with Crippen molar-refractivity contribution in [1.29, 1.82) is 0 Å². The van der Waals surface area contributed by atoms with Crippen molar-refractivity contribution in [2.24, 2.45) is 4.99 Å². The Kier molecular flexibility index (Phi) is 8.56. The number of nitrogens with zero attached hydrogens (tertiary/aromatic N) is 1. The van der Waals surface area contributed by atoms with Gasteiger partial charge in [-0.2, -0.15) is 0 Å². The van der Waals surface area contributed by atoms with Gasteiger partial charge in [0.2, 0.25) is 10.0 Å². The maximum absolute atomic E-state index is 13.3. The molecule has 0 aliphatic rings. The first-order valence-corrected chi connectivity index (χ1v) is 10.6. The quantitative estimate of drug-likeness (QED) is 0.326. The van der Waals surface area contributed by atoms with E-state index in [0.717, 1.165) is 11.1 Å². The smallest absolute Gasteiger partial charge is 0.240 e. The highest BCUT2D eigenvalue weighted by molar-refractivity contribution is 7.89. The van der Waals surface area contributed by atoms with Crippen LogP contribution in [0.25, 0.3) is 0 Å². The minimum Gasteiger partial charge on any atom is -0.383 e. The molecule has 2 aromatic rings. The van der Waals surface area contributed by atoms with Crippen LogP contribution in [0.3, 0.4) is 0 Å². The van der Waals surface area contributed by atoms with Gasteiger partial charge < -0.3 is 15.4 Å². The number of aryl methyl sites for hydroxylation is 1. The van der Waals surface area contributed by atoms with Gasteiger partial charge in [-0.1, -0.05) is 24.3 Å². The molecule has 0 aliphatic heterocycles. The second kappa shape index (κ2) is 10.9. The van der Waals surface area contributed by atoms with Crippen LogP contribution in [-0.2, 0) is 27.8 Å². The van der Waals surface area contributed by atoms with E-state index in [1.165, 1.54) is 13.2 Å². The zero-order valence-electron chi connectivity index (χ0n) is 16.8. The molecule has 0 atom stereocenters. The second-order valence-corrected chi connectivity index (χ2v) is 8.16. The molecule has 0 amide bonds. The van der Waals surface area contributed by atoms with E-state index in [1.54, 1.807) is 50.4 Å². The predicted molar refractivity (Wildman–Crippen MR) is 112 cm³/mol. The first kappa shape index (κ1) is 22.8. The normalized spacial score (nSPS) is 12.1. The Labute approximate surface area is 171 Å². The topological polar surface area (TPSA) is 91.8 Å². The molecule has 0 bridgehead atoms. The Balaban J connectivity index is 1.88. The van der Waals surface area contributed by atoms with E-state index in [-0.39, 0.29) is 17.3 Å². The molecule has 9 heteroatoms. The number of nitrogens with one attached hydrogen (secondary N) is 3. The Morgan fingerprint density at radius 2 is 1.69 bits per heavy atom. The van der Waals surface area contributed by atoms with Crippen molar-refractivity contribution in [3.05, 3.63) is 65.0 Å². The predicted octanol–water partition coefficient (Wildman–Crippen LogP) is 1.92. The summed E-state index contributed by atoms with van der Waals surface area (Å²) >= 11 is 0. The number of sulfonamides is 1. The van der Waals surface area contributed by atoms with Crippen LogP contribution in [0.1, 0.15) is 16.7 Å². The standard InChI is InChI=1S/C20H27FN4O3S/c1-15-12-17(6-9-19(15)21)14-24-20(22-2)23-13-16-4-7-18(8-5-16)29(26,27)25-10-11-28-3/h4-9,12,25H,10-11,13-14H2,1-3H3,(H2,22,23,24). The Hall–Kier alpha value is -2.49. The second-order valence-electron chi connectivity index (χ2n) is 6.40. The molecule has 0 unspecified atom stereocenters. The number of rotatable bonds is 9. The fraction of sp³-hybridized carbons (Fsp3) is 0.350. The van der Waals surface area contributed by atoms with Crippen LogP contribution in [0.5, 0.6) is 0 Å². The fourth-order valence-electron chi connectivity index (χ4n) is 2.56. The van der Waals surface area contributed by atoms with Crippen molar-refractivity contribution in [3.63, 3.8) is 0 Å². The highest BCUT2D eigenvalue weighted by Gasteiger charge is 2.12. The molecule has 0 saturated carbocycles. The van der Waals surface area contributed by atoms with Gasteiger partial charge in [-0.25, -0.2) is 17.5 Å². The minimum absolute atomic E-state index is 0.200. The molecule has 0 aliphatic carbocycles. The molecule has 2 aromatic carbocycles. The van der Waals surface area contributed by atoms with E-state index < -0.39 is 10.0 Å². The van der Waals surface area contributed by atoms with E-state index >= 15 is 0 Å². The number of hydrogen-bond donors (Lipinski definition) is 3. The van der Waals surface area contributed by atoms with Crippen molar-refractivity contribution in [2.75, 3.05) is 27.3 Å². The van der Waals surface area contributed by atoms with Gasteiger partial charge in [-0.05, 0) is 41.8 Å². The Morgan fingerprint density at radius 1 is 1.07 bits per heavy atom. The number of ether oxygens (including phenoxy) is 1. The summed E-state index contributed by atoms with van der Waals surface area (Å²) in [5, 5.41) is 6.33. The summed E-state index contributed by atoms with van der Waals surface area (Å²) in [6, 6.07) is 11.6. The summed E-state index contributed by atoms with van der Waals surface area (Å²) in [5.41, 5.74) is 2.45. The van der Waals surface area contributed by atoms with Gasteiger partial charge >= 0.3 is 0 Å². The molecule has 2 rings (SSSR count). The SMILES string of the molecule is CN=C(NCc1ccc(S(=O)(=O)NCCOC)cc1)NCc1ccc(F)c(C)c1. The van der Waals surface area contributed by atoms with Crippen molar-refractivity contribution < 1.29 is 17.5 Å². The zero-order chi connectivity index (χ0) is 21.3. The molecule has 0 saturated heterocycles.